The highest BCUT2D eigenvalue weighted by atomic mass is 79.9. The van der Waals surface area contributed by atoms with Crippen molar-refractivity contribution in [3.8, 4) is 5.75 Å². The lowest BCUT2D eigenvalue weighted by molar-refractivity contribution is 0.475. The second kappa shape index (κ2) is 6.01. The lowest BCUT2D eigenvalue weighted by Gasteiger charge is -2.15. The summed E-state index contributed by atoms with van der Waals surface area (Å²) in [6, 6.07) is 7.61. The van der Waals surface area contributed by atoms with Crippen LogP contribution in [0.15, 0.2) is 41.1 Å². The Morgan fingerprint density at radius 1 is 1.29 bits per heavy atom. The van der Waals surface area contributed by atoms with Gasteiger partial charge < -0.3 is 10.4 Å². The maximum atomic E-state index is 9.45. The highest BCUT2D eigenvalue weighted by Crippen LogP contribution is 2.26. The van der Waals surface area contributed by atoms with Gasteiger partial charge in [0.25, 0.3) is 0 Å². The molecule has 1 aliphatic rings. The van der Waals surface area contributed by atoms with E-state index in [-0.39, 0.29) is 18.0 Å². The number of pyridine rings is 1. The number of phenols is 1. The van der Waals surface area contributed by atoms with Crippen molar-refractivity contribution in [1.29, 1.82) is 0 Å². The number of nitrogens with zero attached hydrogens (tertiary/aromatic N) is 1. The van der Waals surface area contributed by atoms with Crippen molar-refractivity contribution in [2.75, 3.05) is 5.32 Å². The summed E-state index contributed by atoms with van der Waals surface area (Å²) < 4.78 is 0.979. The van der Waals surface area contributed by atoms with Gasteiger partial charge in [0.2, 0.25) is 0 Å². The van der Waals surface area contributed by atoms with Gasteiger partial charge in [-0.15, -0.1) is 0 Å². The van der Waals surface area contributed by atoms with Gasteiger partial charge in [0.15, 0.2) is 0 Å². The van der Waals surface area contributed by atoms with Crippen LogP contribution in [-0.2, 0) is 0 Å². The Morgan fingerprint density at radius 2 is 2.14 bits per heavy atom. The third-order valence-electron chi connectivity index (χ3n) is 3.57. The SMILES string of the molecule is Cc1cc(O)ccc1NC1CC(c2cncc(Br)c2)NN1. The first-order valence-electron chi connectivity index (χ1n) is 6.79. The number of aryl methyl sites for hydroxylation is 1. The average molecular weight is 349 g/mol. The van der Waals surface area contributed by atoms with E-state index in [2.05, 4.69) is 43.1 Å². The van der Waals surface area contributed by atoms with Gasteiger partial charge in [-0.2, -0.15) is 0 Å². The first-order valence-corrected chi connectivity index (χ1v) is 7.59. The molecule has 1 aliphatic heterocycles. The first kappa shape index (κ1) is 14.3. The number of phenolic OH excluding ortho intramolecular Hbond substituents is 1. The number of hydrazine groups is 1. The van der Waals surface area contributed by atoms with Crippen LogP contribution in [0.1, 0.15) is 23.6 Å². The van der Waals surface area contributed by atoms with Gasteiger partial charge in [-0.1, -0.05) is 0 Å². The largest absolute Gasteiger partial charge is 0.508 e. The predicted molar refractivity (Wildman–Crippen MR) is 85.8 cm³/mol. The molecule has 6 heteroatoms. The van der Waals surface area contributed by atoms with E-state index in [1.54, 1.807) is 18.3 Å². The summed E-state index contributed by atoms with van der Waals surface area (Å²) in [5.74, 6) is 0.286. The van der Waals surface area contributed by atoms with Gasteiger partial charge in [-0.25, -0.2) is 10.9 Å². The van der Waals surface area contributed by atoms with E-state index in [1.165, 1.54) is 0 Å². The number of benzene rings is 1. The molecule has 2 heterocycles. The van der Waals surface area contributed by atoms with Gasteiger partial charge in [0.1, 0.15) is 5.75 Å². The van der Waals surface area contributed by atoms with E-state index in [4.69, 9.17) is 0 Å². The van der Waals surface area contributed by atoms with E-state index in [0.717, 1.165) is 27.7 Å². The Labute approximate surface area is 131 Å². The molecule has 1 saturated heterocycles. The fourth-order valence-corrected chi connectivity index (χ4v) is 2.87. The van der Waals surface area contributed by atoms with Crippen LogP contribution < -0.4 is 16.2 Å². The molecular formula is C15H17BrN4O. The minimum Gasteiger partial charge on any atom is -0.508 e. The smallest absolute Gasteiger partial charge is 0.115 e. The van der Waals surface area contributed by atoms with E-state index in [1.807, 2.05) is 19.2 Å². The van der Waals surface area contributed by atoms with Gasteiger partial charge in [0, 0.05) is 29.0 Å². The topological polar surface area (TPSA) is 69.2 Å². The normalized spacial score (nSPS) is 21.4. The second-order valence-electron chi connectivity index (χ2n) is 5.21. The second-order valence-corrected chi connectivity index (χ2v) is 6.13. The van der Waals surface area contributed by atoms with Gasteiger partial charge in [0.05, 0.1) is 12.2 Å². The summed E-state index contributed by atoms with van der Waals surface area (Å²) in [5, 5.41) is 12.9. The fraction of sp³-hybridized carbons (Fsp3) is 0.267. The molecule has 1 aromatic carbocycles. The zero-order valence-electron chi connectivity index (χ0n) is 11.6. The average Bonchev–Trinajstić information content (AvgIpc) is 2.91. The minimum atomic E-state index is 0.122. The predicted octanol–water partition coefficient (Wildman–Crippen LogP) is 2.84. The Bertz CT molecular complexity index is 649. The van der Waals surface area contributed by atoms with E-state index in [0.29, 0.717) is 0 Å². The molecule has 2 atom stereocenters. The Morgan fingerprint density at radius 3 is 2.90 bits per heavy atom. The number of aromatic nitrogens is 1. The molecule has 4 N–H and O–H groups in total. The van der Waals surface area contributed by atoms with Crippen LogP contribution in [0.4, 0.5) is 5.69 Å². The van der Waals surface area contributed by atoms with Crippen LogP contribution in [0.3, 0.4) is 0 Å². The highest BCUT2D eigenvalue weighted by molar-refractivity contribution is 9.10. The standard InChI is InChI=1S/C15H17BrN4O/c1-9-4-12(21)2-3-13(9)18-15-6-14(19-20-15)10-5-11(16)8-17-7-10/h2-5,7-8,14-15,18-21H,6H2,1H3. The molecule has 0 aliphatic carbocycles. The van der Waals surface area contributed by atoms with Crippen LogP contribution in [-0.4, -0.2) is 16.3 Å². The molecule has 0 spiro atoms. The summed E-state index contributed by atoms with van der Waals surface area (Å²) in [5.41, 5.74) is 9.70. The summed E-state index contributed by atoms with van der Waals surface area (Å²) >= 11 is 3.44. The number of anilines is 1. The van der Waals surface area contributed by atoms with Crippen LogP contribution in [0.25, 0.3) is 0 Å². The molecule has 5 nitrogen and oxygen atoms in total. The third-order valence-corrected chi connectivity index (χ3v) is 4.00. The first-order chi connectivity index (χ1) is 10.1. The van der Waals surface area contributed by atoms with Crippen molar-refractivity contribution < 1.29 is 5.11 Å². The third kappa shape index (κ3) is 3.34. The van der Waals surface area contributed by atoms with Crippen LogP contribution >= 0.6 is 15.9 Å². The quantitative estimate of drug-likeness (QED) is 0.642. The van der Waals surface area contributed by atoms with E-state index < -0.39 is 0 Å². The fourth-order valence-electron chi connectivity index (χ4n) is 2.49. The number of nitrogens with one attached hydrogen (secondary N) is 3. The zero-order chi connectivity index (χ0) is 14.8. The van der Waals surface area contributed by atoms with Gasteiger partial charge >= 0.3 is 0 Å². The molecule has 110 valence electrons. The molecule has 1 aromatic heterocycles. The molecule has 2 unspecified atom stereocenters. The minimum absolute atomic E-state index is 0.122. The lowest BCUT2D eigenvalue weighted by Crippen LogP contribution is -2.36. The van der Waals surface area contributed by atoms with Crippen molar-refractivity contribution in [2.24, 2.45) is 0 Å². The number of aromatic hydroxyl groups is 1. The maximum Gasteiger partial charge on any atom is 0.115 e. The van der Waals surface area contributed by atoms with Gasteiger partial charge in [-0.05, 0) is 58.2 Å². The number of rotatable bonds is 3. The van der Waals surface area contributed by atoms with Crippen molar-refractivity contribution >= 4 is 21.6 Å². The van der Waals surface area contributed by atoms with Crippen molar-refractivity contribution in [1.82, 2.24) is 15.8 Å². The van der Waals surface area contributed by atoms with E-state index in [9.17, 15) is 5.11 Å². The molecule has 0 amide bonds. The van der Waals surface area contributed by atoms with Crippen LogP contribution in [0, 0.1) is 6.92 Å². The Hall–Kier alpha value is -1.63. The number of hydrogen-bond acceptors (Lipinski definition) is 5. The van der Waals surface area contributed by atoms with Crippen molar-refractivity contribution in [3.63, 3.8) is 0 Å². The zero-order valence-corrected chi connectivity index (χ0v) is 13.2. The molecule has 0 saturated carbocycles. The molecule has 1 fully saturated rings. The maximum absolute atomic E-state index is 9.45. The molecular weight excluding hydrogens is 332 g/mol. The van der Waals surface area contributed by atoms with Crippen molar-refractivity contribution in [2.45, 2.75) is 25.6 Å². The summed E-state index contributed by atoms with van der Waals surface area (Å²) in [6.45, 7) is 1.97. The lowest BCUT2D eigenvalue weighted by atomic mass is 10.1. The Kier molecular flexibility index (Phi) is 4.10. The molecule has 3 rings (SSSR count). The van der Waals surface area contributed by atoms with Crippen LogP contribution in [0.2, 0.25) is 0 Å². The molecule has 0 radical (unpaired) electrons. The molecule has 21 heavy (non-hydrogen) atoms. The number of halogens is 1. The van der Waals surface area contributed by atoms with Crippen molar-refractivity contribution in [3.05, 3.63) is 52.3 Å². The summed E-state index contributed by atoms with van der Waals surface area (Å²) in [4.78, 5) is 4.20. The van der Waals surface area contributed by atoms with Gasteiger partial charge in [-0.3, -0.25) is 4.98 Å². The molecule has 2 aromatic rings. The highest BCUT2D eigenvalue weighted by Gasteiger charge is 2.25. The van der Waals surface area contributed by atoms with E-state index >= 15 is 0 Å². The summed E-state index contributed by atoms with van der Waals surface area (Å²) in [6.07, 6.45) is 4.68. The van der Waals surface area contributed by atoms with Crippen LogP contribution in [0.5, 0.6) is 5.75 Å². The summed E-state index contributed by atoms with van der Waals surface area (Å²) in [7, 11) is 0. The number of hydrogen-bond donors (Lipinski definition) is 4. The monoisotopic (exact) mass is 348 g/mol. The Balaban J connectivity index is 1.67. The molecule has 0 bridgehead atoms.